The van der Waals surface area contributed by atoms with Crippen molar-refractivity contribution in [1.29, 1.82) is 0 Å². The summed E-state index contributed by atoms with van der Waals surface area (Å²) in [5.74, 6) is -1.83. The number of aliphatic carboxylic acids is 2. The fraction of sp³-hybridized carbons (Fsp3) is 0.600. The Morgan fingerprint density at radius 3 is 2.37 bits per heavy atom. The average Bonchev–Trinajstić information content (AvgIpc) is 3.09. The van der Waals surface area contributed by atoms with E-state index in [1.54, 1.807) is 0 Å². The number of amides is 2. The molecule has 170 valence electrons. The third-order valence-corrected chi connectivity index (χ3v) is 3.22. The lowest BCUT2D eigenvalue weighted by atomic mass is 10.1. The first-order valence-electron chi connectivity index (χ1n) is 8.72. The number of carboxylic acids is 2. The van der Waals surface area contributed by atoms with Crippen molar-refractivity contribution in [2.75, 3.05) is 6.54 Å². The highest BCUT2D eigenvalue weighted by molar-refractivity contribution is 5.82. The predicted octanol–water partition coefficient (Wildman–Crippen LogP) is -2.15. The van der Waals surface area contributed by atoms with Crippen LogP contribution in [0.25, 0.3) is 0 Å². The fourth-order valence-corrected chi connectivity index (χ4v) is 1.88. The SMILES string of the molecule is CC(=O)O.CC(O)C(NC(=O)NCc1nc(C(N)CCCN=C(N)N)no1)C(=O)O. The Balaban J connectivity index is 0.00000192. The van der Waals surface area contributed by atoms with E-state index in [2.05, 4.69) is 25.8 Å². The number of urea groups is 1. The highest BCUT2D eigenvalue weighted by atomic mass is 16.5. The molecule has 0 aromatic carbocycles. The number of nitrogens with zero attached hydrogens (tertiary/aromatic N) is 3. The molecule has 30 heavy (non-hydrogen) atoms. The van der Waals surface area contributed by atoms with Crippen molar-refractivity contribution in [2.45, 2.75) is 51.4 Å². The molecule has 0 spiro atoms. The fourth-order valence-electron chi connectivity index (χ4n) is 1.88. The van der Waals surface area contributed by atoms with E-state index in [1.165, 1.54) is 6.92 Å². The smallest absolute Gasteiger partial charge is 0.328 e. The number of hydrogen-bond donors (Lipinski definition) is 8. The standard InChI is InChI=1S/C13H24N8O5.C2H4O2/c1-6(22)9(11(23)24)20-13(25)18-5-8-19-10(21-26-8)7(14)3-2-4-17-12(15)16;1-2(3)4/h6-7,9,22H,2-5,14H2,1H3,(H,23,24)(H4,15,16,17)(H2,18,20,25);1H3,(H,3,4). The van der Waals surface area contributed by atoms with Gasteiger partial charge >= 0.3 is 12.0 Å². The maximum Gasteiger partial charge on any atom is 0.328 e. The number of carbonyl (C=O) groups is 3. The van der Waals surface area contributed by atoms with Gasteiger partial charge in [0.05, 0.1) is 18.7 Å². The van der Waals surface area contributed by atoms with Crippen LogP contribution < -0.4 is 27.8 Å². The van der Waals surface area contributed by atoms with Gasteiger partial charge in [-0.2, -0.15) is 4.98 Å². The minimum atomic E-state index is -1.44. The summed E-state index contributed by atoms with van der Waals surface area (Å²) in [6.07, 6.45) is -0.108. The molecule has 0 bridgehead atoms. The number of carboxylic acid groups (broad SMARTS) is 2. The van der Waals surface area contributed by atoms with Gasteiger partial charge in [-0.3, -0.25) is 9.79 Å². The summed E-state index contributed by atoms with van der Waals surface area (Å²) in [4.78, 5) is 39.4. The van der Waals surface area contributed by atoms with Crippen molar-refractivity contribution in [2.24, 2.45) is 22.2 Å². The number of nitrogens with one attached hydrogen (secondary N) is 2. The summed E-state index contributed by atoms with van der Waals surface area (Å²) in [6, 6.07) is -2.73. The molecule has 0 aliphatic carbocycles. The van der Waals surface area contributed by atoms with Crippen LogP contribution in [0.15, 0.2) is 9.52 Å². The van der Waals surface area contributed by atoms with Crippen molar-refractivity contribution in [1.82, 2.24) is 20.8 Å². The zero-order valence-electron chi connectivity index (χ0n) is 16.6. The maximum absolute atomic E-state index is 11.7. The van der Waals surface area contributed by atoms with Gasteiger partial charge in [0.2, 0.25) is 5.89 Å². The lowest BCUT2D eigenvalue weighted by Gasteiger charge is -2.16. The molecule has 15 nitrogen and oxygen atoms in total. The molecule has 1 aromatic rings. The van der Waals surface area contributed by atoms with Gasteiger partial charge < -0.3 is 47.7 Å². The lowest BCUT2D eigenvalue weighted by Crippen LogP contribution is -2.51. The van der Waals surface area contributed by atoms with Crippen LogP contribution in [-0.2, 0) is 16.1 Å². The molecule has 1 aromatic heterocycles. The highest BCUT2D eigenvalue weighted by Gasteiger charge is 2.25. The molecule has 0 fully saturated rings. The zero-order chi connectivity index (χ0) is 23.3. The number of aliphatic hydroxyl groups is 1. The second kappa shape index (κ2) is 13.7. The minimum Gasteiger partial charge on any atom is -0.481 e. The van der Waals surface area contributed by atoms with Crippen LogP contribution in [0, 0.1) is 0 Å². The van der Waals surface area contributed by atoms with Gasteiger partial charge in [0.15, 0.2) is 17.8 Å². The van der Waals surface area contributed by atoms with Gasteiger partial charge in [-0.15, -0.1) is 0 Å². The van der Waals surface area contributed by atoms with E-state index in [4.69, 9.17) is 36.7 Å². The number of rotatable bonds is 10. The summed E-state index contributed by atoms with van der Waals surface area (Å²) in [7, 11) is 0. The van der Waals surface area contributed by atoms with Crippen molar-refractivity contribution >= 4 is 23.9 Å². The van der Waals surface area contributed by atoms with E-state index in [9.17, 15) is 14.7 Å². The molecule has 15 heteroatoms. The topological polar surface area (TPSA) is 265 Å². The van der Waals surface area contributed by atoms with Crippen LogP contribution in [0.4, 0.5) is 4.79 Å². The van der Waals surface area contributed by atoms with Gasteiger partial charge in [0, 0.05) is 13.5 Å². The number of guanidine groups is 1. The molecule has 0 saturated heterocycles. The molecule has 0 saturated carbocycles. The largest absolute Gasteiger partial charge is 0.481 e. The number of carbonyl (C=O) groups excluding carboxylic acids is 1. The Bertz CT molecular complexity index is 714. The molecule has 0 aliphatic heterocycles. The van der Waals surface area contributed by atoms with E-state index in [-0.39, 0.29) is 24.2 Å². The highest BCUT2D eigenvalue weighted by Crippen LogP contribution is 2.12. The first-order chi connectivity index (χ1) is 13.9. The number of aliphatic hydroxyl groups excluding tert-OH is 1. The van der Waals surface area contributed by atoms with Crippen molar-refractivity contribution < 1.29 is 34.2 Å². The Hall–Kier alpha value is -3.46. The normalized spacial score (nSPS) is 13.1. The number of nitrogens with two attached hydrogens (primary N) is 3. The number of hydrogen-bond acceptors (Lipinski definition) is 9. The summed E-state index contributed by atoms with van der Waals surface area (Å²) in [5.41, 5.74) is 16.4. The lowest BCUT2D eigenvalue weighted by molar-refractivity contribution is -0.141. The zero-order valence-corrected chi connectivity index (χ0v) is 16.6. The van der Waals surface area contributed by atoms with E-state index in [0.717, 1.165) is 6.92 Å². The quantitative estimate of drug-likeness (QED) is 0.112. The molecule has 11 N–H and O–H groups in total. The number of aliphatic imine (C=N–C) groups is 1. The summed E-state index contributed by atoms with van der Waals surface area (Å²) in [6.45, 7) is 2.63. The van der Waals surface area contributed by atoms with Gasteiger partial charge in [0.25, 0.3) is 5.97 Å². The van der Waals surface area contributed by atoms with Crippen molar-refractivity contribution in [3.05, 3.63) is 11.7 Å². The first kappa shape index (κ1) is 26.5. The average molecular weight is 432 g/mol. The summed E-state index contributed by atoms with van der Waals surface area (Å²) >= 11 is 0. The first-order valence-corrected chi connectivity index (χ1v) is 8.72. The second-order valence-electron chi connectivity index (χ2n) is 6.00. The van der Waals surface area contributed by atoms with E-state index < -0.39 is 36.2 Å². The van der Waals surface area contributed by atoms with Crippen molar-refractivity contribution in [3.8, 4) is 0 Å². The van der Waals surface area contributed by atoms with Gasteiger partial charge in [-0.1, -0.05) is 5.16 Å². The second-order valence-corrected chi connectivity index (χ2v) is 6.00. The van der Waals surface area contributed by atoms with Crippen LogP contribution in [0.5, 0.6) is 0 Å². The van der Waals surface area contributed by atoms with Crippen LogP contribution in [0.2, 0.25) is 0 Å². The van der Waals surface area contributed by atoms with Gasteiger partial charge in [-0.25, -0.2) is 9.59 Å². The minimum absolute atomic E-state index is 0.00509. The van der Waals surface area contributed by atoms with Crippen LogP contribution >= 0.6 is 0 Å². The Morgan fingerprint density at radius 1 is 1.27 bits per heavy atom. The molecule has 0 radical (unpaired) electrons. The Morgan fingerprint density at radius 2 is 1.87 bits per heavy atom. The monoisotopic (exact) mass is 432 g/mol. The van der Waals surface area contributed by atoms with Gasteiger partial charge in [-0.05, 0) is 19.8 Å². The molecular formula is C15H28N8O7. The Labute approximate surface area is 171 Å². The molecule has 1 rings (SSSR count). The molecule has 3 atom stereocenters. The molecule has 1 heterocycles. The summed E-state index contributed by atoms with van der Waals surface area (Å²) in [5, 5.41) is 33.8. The maximum atomic E-state index is 11.7. The van der Waals surface area contributed by atoms with E-state index >= 15 is 0 Å². The Kier molecular flexibility index (Phi) is 12.1. The number of aromatic nitrogens is 2. The summed E-state index contributed by atoms with van der Waals surface area (Å²) < 4.78 is 4.96. The molecule has 0 aliphatic rings. The molecular weight excluding hydrogens is 404 g/mol. The predicted molar refractivity (Wildman–Crippen MR) is 103 cm³/mol. The van der Waals surface area contributed by atoms with Crippen LogP contribution in [0.3, 0.4) is 0 Å². The van der Waals surface area contributed by atoms with Gasteiger partial charge in [0.1, 0.15) is 0 Å². The third-order valence-electron chi connectivity index (χ3n) is 3.22. The third kappa shape index (κ3) is 12.1. The van der Waals surface area contributed by atoms with Crippen LogP contribution in [-0.4, -0.2) is 68.1 Å². The van der Waals surface area contributed by atoms with Crippen LogP contribution in [0.1, 0.15) is 44.4 Å². The molecule has 2 amide bonds. The molecule has 3 unspecified atom stereocenters. The van der Waals surface area contributed by atoms with E-state index in [0.29, 0.717) is 19.4 Å². The van der Waals surface area contributed by atoms with E-state index in [1.807, 2.05) is 0 Å². The van der Waals surface area contributed by atoms with Crippen molar-refractivity contribution in [3.63, 3.8) is 0 Å².